The fourth-order valence-corrected chi connectivity index (χ4v) is 3.13. The number of pyridine rings is 2. The van der Waals surface area contributed by atoms with Gasteiger partial charge in [-0.3, -0.25) is 9.78 Å². The highest BCUT2D eigenvalue weighted by atomic mass is 16.2. The first-order chi connectivity index (χ1) is 12.6. The number of amides is 1. The first-order valence-corrected chi connectivity index (χ1v) is 8.39. The van der Waals surface area contributed by atoms with Crippen molar-refractivity contribution in [3.8, 4) is 0 Å². The summed E-state index contributed by atoms with van der Waals surface area (Å²) in [7, 11) is 0. The minimum atomic E-state index is -0.0382. The van der Waals surface area contributed by atoms with E-state index in [1.54, 1.807) is 24.1 Å². The van der Waals surface area contributed by atoms with Gasteiger partial charge in [0, 0.05) is 23.9 Å². The number of aromatic nitrogens is 2. The van der Waals surface area contributed by atoms with E-state index in [1.807, 2.05) is 54.6 Å². The Kier molecular flexibility index (Phi) is 3.97. The van der Waals surface area contributed by atoms with Crippen LogP contribution in [0.2, 0.25) is 0 Å². The molecule has 5 heteroatoms. The van der Waals surface area contributed by atoms with E-state index in [9.17, 15) is 4.79 Å². The summed E-state index contributed by atoms with van der Waals surface area (Å²) in [4.78, 5) is 22.9. The molecule has 4 aromatic rings. The number of nitrogens with two attached hydrogens (primary N) is 1. The molecule has 128 valence electrons. The van der Waals surface area contributed by atoms with Crippen molar-refractivity contribution in [2.75, 3.05) is 10.6 Å². The number of hydrogen-bond donors (Lipinski definition) is 1. The van der Waals surface area contributed by atoms with Gasteiger partial charge in [-0.2, -0.15) is 0 Å². The van der Waals surface area contributed by atoms with Gasteiger partial charge in [0.1, 0.15) is 5.82 Å². The second-order valence-electron chi connectivity index (χ2n) is 6.22. The quantitative estimate of drug-likeness (QED) is 0.612. The van der Waals surface area contributed by atoms with Gasteiger partial charge in [-0.15, -0.1) is 0 Å². The van der Waals surface area contributed by atoms with E-state index < -0.39 is 0 Å². The van der Waals surface area contributed by atoms with Crippen LogP contribution < -0.4 is 10.6 Å². The van der Waals surface area contributed by atoms with Crippen molar-refractivity contribution >= 4 is 39.2 Å². The standard InChI is InChI=1S/C21H18N4O/c1-14(26)25(19-6-2-4-17-5-3-11-23-21(17)19)13-15-7-8-16-9-10-20(22)24-18(16)12-15/h2-12H,13H2,1H3,(H2,22,24). The zero-order valence-electron chi connectivity index (χ0n) is 14.4. The van der Waals surface area contributed by atoms with Crippen molar-refractivity contribution in [2.45, 2.75) is 13.5 Å². The summed E-state index contributed by atoms with van der Waals surface area (Å²) in [6, 6.07) is 19.4. The van der Waals surface area contributed by atoms with E-state index in [0.29, 0.717) is 12.4 Å². The molecule has 0 spiro atoms. The molecule has 0 fully saturated rings. The van der Waals surface area contributed by atoms with Gasteiger partial charge in [0.15, 0.2) is 0 Å². The fourth-order valence-electron chi connectivity index (χ4n) is 3.13. The molecule has 2 aromatic heterocycles. The van der Waals surface area contributed by atoms with Gasteiger partial charge in [0.25, 0.3) is 0 Å². The molecule has 0 saturated heterocycles. The van der Waals surface area contributed by atoms with E-state index in [1.165, 1.54) is 0 Å². The Hall–Kier alpha value is -3.47. The Labute approximate surface area is 151 Å². The van der Waals surface area contributed by atoms with Crippen LogP contribution in [-0.4, -0.2) is 15.9 Å². The Morgan fingerprint density at radius 2 is 1.85 bits per heavy atom. The topological polar surface area (TPSA) is 72.1 Å². The first-order valence-electron chi connectivity index (χ1n) is 8.39. The summed E-state index contributed by atoms with van der Waals surface area (Å²) in [5.41, 5.74) is 9.21. The number of hydrogen-bond acceptors (Lipinski definition) is 4. The lowest BCUT2D eigenvalue weighted by molar-refractivity contribution is -0.116. The molecule has 0 atom stereocenters. The smallest absolute Gasteiger partial charge is 0.224 e. The predicted octanol–water partition coefficient (Wildman–Crippen LogP) is 3.92. The summed E-state index contributed by atoms with van der Waals surface area (Å²) in [6.07, 6.45) is 1.74. The number of nitrogens with zero attached hydrogens (tertiary/aromatic N) is 3. The molecule has 0 unspecified atom stereocenters. The van der Waals surface area contributed by atoms with Crippen LogP contribution in [0.15, 0.2) is 66.9 Å². The Balaban J connectivity index is 1.77. The Morgan fingerprint density at radius 1 is 1.04 bits per heavy atom. The maximum Gasteiger partial charge on any atom is 0.224 e. The third kappa shape index (κ3) is 2.95. The van der Waals surface area contributed by atoms with Crippen molar-refractivity contribution < 1.29 is 4.79 Å². The van der Waals surface area contributed by atoms with Gasteiger partial charge in [-0.25, -0.2) is 4.98 Å². The third-order valence-corrected chi connectivity index (χ3v) is 4.40. The van der Waals surface area contributed by atoms with Crippen LogP contribution in [0.4, 0.5) is 11.5 Å². The van der Waals surface area contributed by atoms with E-state index in [0.717, 1.165) is 33.1 Å². The number of carbonyl (C=O) groups excluding carboxylic acids is 1. The highest BCUT2D eigenvalue weighted by Gasteiger charge is 2.16. The number of para-hydroxylation sites is 1. The lowest BCUT2D eigenvalue weighted by Crippen LogP contribution is -2.28. The maximum absolute atomic E-state index is 12.4. The summed E-state index contributed by atoms with van der Waals surface area (Å²) in [5.74, 6) is 0.445. The van der Waals surface area contributed by atoms with Crippen molar-refractivity contribution in [3.05, 3.63) is 72.4 Å². The lowest BCUT2D eigenvalue weighted by atomic mass is 10.1. The van der Waals surface area contributed by atoms with Crippen LogP contribution in [0.3, 0.4) is 0 Å². The molecule has 0 aliphatic rings. The number of nitrogen functional groups attached to an aromatic ring is 1. The largest absolute Gasteiger partial charge is 0.384 e. The van der Waals surface area contributed by atoms with Crippen LogP contribution in [-0.2, 0) is 11.3 Å². The zero-order valence-corrected chi connectivity index (χ0v) is 14.4. The molecular weight excluding hydrogens is 324 g/mol. The second kappa shape index (κ2) is 6.44. The van der Waals surface area contributed by atoms with Gasteiger partial charge < -0.3 is 10.6 Å². The molecule has 2 aromatic carbocycles. The summed E-state index contributed by atoms with van der Waals surface area (Å²) < 4.78 is 0. The Bertz CT molecular complexity index is 1120. The molecule has 4 rings (SSSR count). The highest BCUT2D eigenvalue weighted by Crippen LogP contribution is 2.27. The second-order valence-corrected chi connectivity index (χ2v) is 6.22. The van der Waals surface area contributed by atoms with E-state index in [4.69, 9.17) is 5.73 Å². The molecule has 0 radical (unpaired) electrons. The van der Waals surface area contributed by atoms with Gasteiger partial charge in [-0.05, 0) is 35.9 Å². The molecule has 1 amide bonds. The number of carbonyl (C=O) groups is 1. The van der Waals surface area contributed by atoms with Gasteiger partial charge in [-0.1, -0.05) is 30.3 Å². The van der Waals surface area contributed by atoms with Crippen molar-refractivity contribution in [2.24, 2.45) is 0 Å². The number of benzene rings is 2. The summed E-state index contributed by atoms with van der Waals surface area (Å²) >= 11 is 0. The molecule has 26 heavy (non-hydrogen) atoms. The lowest BCUT2D eigenvalue weighted by Gasteiger charge is -2.22. The van der Waals surface area contributed by atoms with Crippen LogP contribution in [0, 0.1) is 0 Å². The fraction of sp³-hybridized carbons (Fsp3) is 0.0952. The summed E-state index contributed by atoms with van der Waals surface area (Å²) in [6.45, 7) is 2.01. The normalized spacial score (nSPS) is 11.0. The van der Waals surface area contributed by atoms with E-state index in [2.05, 4.69) is 9.97 Å². The summed E-state index contributed by atoms with van der Waals surface area (Å²) in [5, 5.41) is 2.02. The van der Waals surface area contributed by atoms with E-state index >= 15 is 0 Å². The van der Waals surface area contributed by atoms with Crippen LogP contribution in [0.5, 0.6) is 0 Å². The monoisotopic (exact) mass is 342 g/mol. The molecular formula is C21H18N4O. The third-order valence-electron chi connectivity index (χ3n) is 4.40. The number of anilines is 2. The average Bonchev–Trinajstić information content (AvgIpc) is 2.65. The molecule has 5 nitrogen and oxygen atoms in total. The van der Waals surface area contributed by atoms with Gasteiger partial charge in [0.2, 0.25) is 5.91 Å². The molecule has 2 heterocycles. The average molecular weight is 342 g/mol. The molecule has 0 aliphatic heterocycles. The minimum absolute atomic E-state index is 0.0382. The molecule has 0 saturated carbocycles. The van der Waals surface area contributed by atoms with Crippen molar-refractivity contribution in [1.82, 2.24) is 9.97 Å². The molecule has 0 aliphatic carbocycles. The van der Waals surface area contributed by atoms with Crippen molar-refractivity contribution in [3.63, 3.8) is 0 Å². The predicted molar refractivity (Wildman–Crippen MR) is 105 cm³/mol. The SMILES string of the molecule is CC(=O)N(Cc1ccc2ccc(N)nc2c1)c1cccc2cccnc12. The highest BCUT2D eigenvalue weighted by molar-refractivity contribution is 6.01. The van der Waals surface area contributed by atoms with Crippen LogP contribution >= 0.6 is 0 Å². The van der Waals surface area contributed by atoms with E-state index in [-0.39, 0.29) is 5.91 Å². The number of rotatable bonds is 3. The maximum atomic E-state index is 12.4. The number of fused-ring (bicyclic) bond motifs is 2. The van der Waals surface area contributed by atoms with Crippen LogP contribution in [0.1, 0.15) is 12.5 Å². The van der Waals surface area contributed by atoms with Crippen LogP contribution in [0.25, 0.3) is 21.8 Å². The first kappa shape index (κ1) is 16.0. The van der Waals surface area contributed by atoms with Gasteiger partial charge in [0.05, 0.1) is 23.3 Å². The minimum Gasteiger partial charge on any atom is -0.384 e. The van der Waals surface area contributed by atoms with Crippen molar-refractivity contribution in [1.29, 1.82) is 0 Å². The molecule has 0 bridgehead atoms. The zero-order chi connectivity index (χ0) is 18.1. The molecule has 2 N–H and O–H groups in total. The van der Waals surface area contributed by atoms with Gasteiger partial charge >= 0.3 is 0 Å². The Morgan fingerprint density at radius 3 is 2.69 bits per heavy atom.